The first-order chi connectivity index (χ1) is 13.0. The Morgan fingerprint density at radius 1 is 1.41 bits per heavy atom. The fourth-order valence-electron chi connectivity index (χ4n) is 3.16. The molecule has 0 bridgehead atoms. The van der Waals surface area contributed by atoms with Crippen molar-refractivity contribution in [1.82, 2.24) is 14.8 Å². The summed E-state index contributed by atoms with van der Waals surface area (Å²) in [7, 11) is 0. The van der Waals surface area contributed by atoms with Crippen LogP contribution in [0.4, 0.5) is 20.3 Å². The van der Waals surface area contributed by atoms with Crippen LogP contribution in [0.15, 0.2) is 24.5 Å². The predicted octanol–water partition coefficient (Wildman–Crippen LogP) is 2.98. The molecule has 0 aliphatic heterocycles. The second-order valence-corrected chi connectivity index (χ2v) is 6.21. The molecule has 0 saturated heterocycles. The maximum Gasteiger partial charge on any atom is 0.388 e. The molecule has 3 N–H and O–H groups in total. The lowest BCUT2D eigenvalue weighted by Gasteiger charge is -2.26. The highest BCUT2D eigenvalue weighted by atomic mass is 19.3. The van der Waals surface area contributed by atoms with Crippen LogP contribution >= 0.6 is 0 Å². The molecule has 3 rings (SSSR count). The SMILES string of the molecule is N#C[C@@H]1CCCC[C@H]1n1cc(C(N)=O)c(Nc2ccc(OC(F)F)nc2)n1. The Morgan fingerprint density at radius 2 is 2.19 bits per heavy atom. The lowest BCUT2D eigenvalue weighted by Crippen LogP contribution is -2.22. The van der Waals surface area contributed by atoms with E-state index < -0.39 is 12.5 Å². The third kappa shape index (κ3) is 4.31. The zero-order valence-electron chi connectivity index (χ0n) is 14.3. The summed E-state index contributed by atoms with van der Waals surface area (Å²) in [5.74, 6) is -0.859. The van der Waals surface area contributed by atoms with E-state index in [-0.39, 0.29) is 29.2 Å². The van der Waals surface area contributed by atoms with Crippen molar-refractivity contribution in [3.05, 3.63) is 30.1 Å². The molecule has 142 valence electrons. The Kier molecular flexibility index (Phi) is 5.49. The van der Waals surface area contributed by atoms with Crippen LogP contribution in [0.1, 0.15) is 42.1 Å². The fraction of sp³-hybridized carbons (Fsp3) is 0.412. The zero-order chi connectivity index (χ0) is 19.4. The molecule has 1 aliphatic carbocycles. The number of nitriles is 1. The quantitative estimate of drug-likeness (QED) is 0.800. The molecule has 10 heteroatoms. The Bertz CT molecular complexity index is 846. The fourth-order valence-corrected chi connectivity index (χ4v) is 3.16. The van der Waals surface area contributed by atoms with Gasteiger partial charge >= 0.3 is 6.61 Å². The molecule has 1 fully saturated rings. The van der Waals surface area contributed by atoms with Crippen LogP contribution in [0.5, 0.6) is 5.88 Å². The molecule has 0 spiro atoms. The summed E-state index contributed by atoms with van der Waals surface area (Å²) in [4.78, 5) is 15.5. The van der Waals surface area contributed by atoms with Crippen molar-refractivity contribution in [2.45, 2.75) is 38.3 Å². The third-order valence-corrected chi connectivity index (χ3v) is 4.44. The van der Waals surface area contributed by atoms with Gasteiger partial charge in [-0.3, -0.25) is 9.48 Å². The number of alkyl halides is 2. The number of nitrogens with one attached hydrogen (secondary N) is 1. The summed E-state index contributed by atoms with van der Waals surface area (Å²) in [6.07, 6.45) is 6.35. The number of hydrogen-bond donors (Lipinski definition) is 2. The molecule has 27 heavy (non-hydrogen) atoms. The minimum absolute atomic E-state index is 0.127. The largest absolute Gasteiger partial charge is 0.417 e. The first kappa shape index (κ1) is 18.6. The molecular weight excluding hydrogens is 358 g/mol. The Morgan fingerprint density at radius 3 is 2.81 bits per heavy atom. The van der Waals surface area contributed by atoms with Gasteiger partial charge in [-0.25, -0.2) is 4.98 Å². The van der Waals surface area contributed by atoms with Gasteiger partial charge in [0.1, 0.15) is 5.56 Å². The molecule has 0 aromatic carbocycles. The molecule has 1 saturated carbocycles. The molecule has 1 aliphatic rings. The van der Waals surface area contributed by atoms with Crippen molar-refractivity contribution in [3.63, 3.8) is 0 Å². The number of hydrogen-bond acceptors (Lipinski definition) is 6. The van der Waals surface area contributed by atoms with Crippen LogP contribution in [0, 0.1) is 17.2 Å². The number of halogens is 2. The second-order valence-electron chi connectivity index (χ2n) is 6.21. The maximum atomic E-state index is 12.2. The number of nitrogens with two attached hydrogens (primary N) is 1. The van der Waals surface area contributed by atoms with Gasteiger partial charge < -0.3 is 15.8 Å². The lowest BCUT2D eigenvalue weighted by atomic mass is 9.85. The molecular formula is C17H18F2N6O2. The van der Waals surface area contributed by atoms with Gasteiger partial charge in [-0.05, 0) is 18.9 Å². The minimum Gasteiger partial charge on any atom is -0.417 e. The Hall–Kier alpha value is -3.22. The maximum absolute atomic E-state index is 12.2. The van der Waals surface area contributed by atoms with Gasteiger partial charge in [-0.1, -0.05) is 12.8 Å². The molecule has 2 aromatic heterocycles. The van der Waals surface area contributed by atoms with Crippen LogP contribution in [-0.4, -0.2) is 27.3 Å². The average Bonchev–Trinajstić information content (AvgIpc) is 3.07. The number of rotatable bonds is 6. The van der Waals surface area contributed by atoms with Gasteiger partial charge in [0.25, 0.3) is 5.91 Å². The highest BCUT2D eigenvalue weighted by molar-refractivity contribution is 5.98. The van der Waals surface area contributed by atoms with E-state index in [2.05, 4.69) is 26.2 Å². The number of amides is 1. The van der Waals surface area contributed by atoms with E-state index in [0.29, 0.717) is 5.69 Å². The Balaban J connectivity index is 1.83. The van der Waals surface area contributed by atoms with Crippen LogP contribution in [0.25, 0.3) is 0 Å². The van der Waals surface area contributed by atoms with Crippen molar-refractivity contribution in [1.29, 1.82) is 5.26 Å². The second kappa shape index (κ2) is 7.99. The number of carbonyl (C=O) groups excluding carboxylic acids is 1. The zero-order valence-corrected chi connectivity index (χ0v) is 14.3. The number of aromatic nitrogens is 3. The van der Waals surface area contributed by atoms with Crippen LogP contribution in [-0.2, 0) is 0 Å². The summed E-state index contributed by atoms with van der Waals surface area (Å²) in [6, 6.07) is 4.90. The molecule has 2 heterocycles. The summed E-state index contributed by atoms with van der Waals surface area (Å²) in [6.45, 7) is -2.96. The first-order valence-electron chi connectivity index (χ1n) is 8.44. The summed E-state index contributed by atoms with van der Waals surface area (Å²) in [5.41, 5.74) is 6.03. The topological polar surface area (TPSA) is 119 Å². The predicted molar refractivity (Wildman–Crippen MR) is 91.5 cm³/mol. The summed E-state index contributed by atoms with van der Waals surface area (Å²) >= 11 is 0. The normalized spacial score (nSPS) is 19.5. The van der Waals surface area contributed by atoms with Gasteiger partial charge in [0.15, 0.2) is 5.82 Å². The van der Waals surface area contributed by atoms with Crippen molar-refractivity contribution in [2.75, 3.05) is 5.32 Å². The van der Waals surface area contributed by atoms with E-state index in [4.69, 9.17) is 5.73 Å². The van der Waals surface area contributed by atoms with Crippen molar-refractivity contribution >= 4 is 17.4 Å². The summed E-state index contributed by atoms with van der Waals surface area (Å²) in [5, 5.41) is 16.7. The van der Waals surface area contributed by atoms with E-state index in [1.807, 2.05) is 0 Å². The number of anilines is 2. The molecule has 1 amide bonds. The van der Waals surface area contributed by atoms with E-state index in [0.717, 1.165) is 25.7 Å². The highest BCUT2D eigenvalue weighted by Gasteiger charge is 2.28. The Labute approximate surface area is 153 Å². The first-order valence-corrected chi connectivity index (χ1v) is 8.44. The van der Waals surface area contributed by atoms with Gasteiger partial charge in [0.2, 0.25) is 5.88 Å². The molecule has 0 unspecified atom stereocenters. The van der Waals surface area contributed by atoms with Crippen molar-refractivity contribution in [3.8, 4) is 11.9 Å². The van der Waals surface area contributed by atoms with E-state index >= 15 is 0 Å². The number of nitrogens with zero attached hydrogens (tertiary/aromatic N) is 4. The van der Waals surface area contributed by atoms with E-state index in [1.54, 1.807) is 4.68 Å². The lowest BCUT2D eigenvalue weighted by molar-refractivity contribution is -0.0528. The highest BCUT2D eigenvalue weighted by Crippen LogP contribution is 2.34. The smallest absolute Gasteiger partial charge is 0.388 e. The van der Waals surface area contributed by atoms with Gasteiger partial charge in [-0.15, -0.1) is 0 Å². The van der Waals surface area contributed by atoms with Gasteiger partial charge in [0, 0.05) is 12.3 Å². The van der Waals surface area contributed by atoms with E-state index in [1.165, 1.54) is 24.5 Å². The van der Waals surface area contributed by atoms with Crippen molar-refractivity contribution in [2.24, 2.45) is 11.7 Å². The number of ether oxygens (including phenoxy) is 1. The minimum atomic E-state index is -2.96. The molecule has 2 atom stereocenters. The monoisotopic (exact) mass is 376 g/mol. The molecule has 0 radical (unpaired) electrons. The average molecular weight is 376 g/mol. The molecule has 2 aromatic rings. The number of primary amides is 1. The molecule has 8 nitrogen and oxygen atoms in total. The van der Waals surface area contributed by atoms with Crippen LogP contribution < -0.4 is 15.8 Å². The van der Waals surface area contributed by atoms with E-state index in [9.17, 15) is 18.8 Å². The summed E-state index contributed by atoms with van der Waals surface area (Å²) < 4.78 is 30.2. The third-order valence-electron chi connectivity index (χ3n) is 4.44. The standard InChI is InChI=1S/C17H18F2N6O2/c18-17(19)27-14-6-5-11(8-22-14)23-16-12(15(21)26)9-25(24-16)13-4-2-1-3-10(13)7-20/h5-6,8-10,13,17H,1-4H2,(H2,21,26)(H,23,24)/t10-,13+/m0/s1. The van der Waals surface area contributed by atoms with Crippen molar-refractivity contribution < 1.29 is 18.3 Å². The number of pyridine rings is 1. The van der Waals surface area contributed by atoms with Gasteiger partial charge in [0.05, 0.1) is 29.9 Å². The van der Waals surface area contributed by atoms with Crippen LogP contribution in [0.3, 0.4) is 0 Å². The van der Waals surface area contributed by atoms with Gasteiger partial charge in [-0.2, -0.15) is 19.1 Å². The van der Waals surface area contributed by atoms with Crippen LogP contribution in [0.2, 0.25) is 0 Å². The number of carbonyl (C=O) groups is 1.